The minimum Gasteiger partial charge on any atom is -0.497 e. The maximum Gasteiger partial charge on any atom is 0.279 e. The number of carbonyl (C=O) groups is 1. The summed E-state index contributed by atoms with van der Waals surface area (Å²) in [6, 6.07) is 18.3. The molecule has 1 N–H and O–H groups in total. The van der Waals surface area contributed by atoms with E-state index in [1.165, 1.54) is 30.6 Å². The highest BCUT2D eigenvalue weighted by molar-refractivity contribution is 7.92. The van der Waals surface area contributed by atoms with E-state index in [1.54, 1.807) is 36.4 Å². The first-order valence-electron chi connectivity index (χ1n) is 9.69. The van der Waals surface area contributed by atoms with Gasteiger partial charge < -0.3 is 9.30 Å². The van der Waals surface area contributed by atoms with E-state index < -0.39 is 15.9 Å². The van der Waals surface area contributed by atoms with Crippen LogP contribution >= 0.6 is 11.3 Å². The molecule has 0 fully saturated rings. The van der Waals surface area contributed by atoms with Crippen molar-refractivity contribution in [2.75, 3.05) is 11.8 Å². The van der Waals surface area contributed by atoms with Gasteiger partial charge in [-0.25, -0.2) is 8.42 Å². The summed E-state index contributed by atoms with van der Waals surface area (Å²) in [5, 5.41) is 0. The number of amides is 1. The first-order chi connectivity index (χ1) is 15.3. The summed E-state index contributed by atoms with van der Waals surface area (Å²) in [6.07, 6.45) is 0. The van der Waals surface area contributed by atoms with E-state index in [1.807, 2.05) is 36.7 Å². The lowest BCUT2D eigenvalue weighted by Gasteiger charge is -2.09. The Bertz CT molecular complexity index is 1470. The average Bonchev–Trinajstić information content (AvgIpc) is 3.10. The fraction of sp³-hybridized carbons (Fsp3) is 0.130. The summed E-state index contributed by atoms with van der Waals surface area (Å²) in [7, 11) is -0.364. The maximum absolute atomic E-state index is 12.7. The van der Waals surface area contributed by atoms with Crippen LogP contribution < -0.4 is 14.3 Å². The van der Waals surface area contributed by atoms with Crippen molar-refractivity contribution in [2.45, 2.75) is 11.8 Å². The number of aryl methyl sites for hydroxylation is 2. The number of rotatable bonds is 5. The molecule has 3 aromatic carbocycles. The van der Waals surface area contributed by atoms with Crippen LogP contribution in [0.15, 0.2) is 76.6 Å². The van der Waals surface area contributed by atoms with Crippen molar-refractivity contribution < 1.29 is 17.9 Å². The standard InChI is InChI=1S/C23H21N3O4S2/c1-15-5-4-6-20-21(15)26(2)23(31-20)24-22(27)16-7-9-17(10-8-16)25-32(28,29)19-13-11-18(30-3)12-14-19/h4-14,25H,1-3H3. The molecule has 1 aromatic heterocycles. The molecule has 9 heteroatoms. The number of ether oxygens (including phenoxy) is 1. The van der Waals surface area contributed by atoms with Crippen LogP contribution in [0.2, 0.25) is 0 Å². The fourth-order valence-corrected chi connectivity index (χ4v) is 5.46. The molecule has 0 saturated carbocycles. The van der Waals surface area contributed by atoms with Crippen molar-refractivity contribution >= 4 is 43.2 Å². The minimum absolute atomic E-state index is 0.112. The molecule has 7 nitrogen and oxygen atoms in total. The van der Waals surface area contributed by atoms with Gasteiger partial charge in [0.1, 0.15) is 5.75 Å². The Morgan fingerprint density at radius 3 is 2.34 bits per heavy atom. The monoisotopic (exact) mass is 467 g/mol. The van der Waals surface area contributed by atoms with Gasteiger partial charge in [-0.2, -0.15) is 4.99 Å². The topological polar surface area (TPSA) is 89.8 Å². The van der Waals surface area contributed by atoms with Crippen LogP contribution in [0.1, 0.15) is 15.9 Å². The second-order valence-corrected chi connectivity index (χ2v) is 9.83. The second kappa shape index (κ2) is 8.60. The number of aromatic nitrogens is 1. The Hall–Kier alpha value is -3.43. The van der Waals surface area contributed by atoms with E-state index in [-0.39, 0.29) is 4.90 Å². The Morgan fingerprint density at radius 2 is 1.72 bits per heavy atom. The van der Waals surface area contributed by atoms with Crippen LogP contribution in [0, 0.1) is 6.92 Å². The second-order valence-electron chi connectivity index (χ2n) is 7.14. The SMILES string of the molecule is COc1ccc(S(=O)(=O)Nc2ccc(C(=O)N=c3sc4cccc(C)c4n3C)cc2)cc1. The highest BCUT2D eigenvalue weighted by atomic mass is 32.2. The lowest BCUT2D eigenvalue weighted by atomic mass is 10.2. The molecule has 0 spiro atoms. The molecule has 0 aliphatic carbocycles. The van der Waals surface area contributed by atoms with Gasteiger partial charge in [0.15, 0.2) is 4.80 Å². The smallest absolute Gasteiger partial charge is 0.279 e. The number of thiazole rings is 1. The number of hydrogen-bond acceptors (Lipinski definition) is 5. The van der Waals surface area contributed by atoms with Gasteiger partial charge >= 0.3 is 0 Å². The molecule has 0 aliphatic rings. The molecule has 4 aromatic rings. The van der Waals surface area contributed by atoms with Crippen molar-refractivity contribution in [1.82, 2.24) is 4.57 Å². The van der Waals surface area contributed by atoms with Crippen LogP contribution in [0.5, 0.6) is 5.75 Å². The Kier molecular flexibility index (Phi) is 5.86. The molecule has 0 aliphatic heterocycles. The summed E-state index contributed by atoms with van der Waals surface area (Å²) in [6.45, 7) is 2.02. The van der Waals surface area contributed by atoms with Gasteiger partial charge in [-0.3, -0.25) is 9.52 Å². The van der Waals surface area contributed by atoms with E-state index >= 15 is 0 Å². The number of fused-ring (bicyclic) bond motifs is 1. The van der Waals surface area contributed by atoms with E-state index in [4.69, 9.17) is 4.74 Å². The van der Waals surface area contributed by atoms with Crippen molar-refractivity contribution in [2.24, 2.45) is 12.0 Å². The third-order valence-corrected chi connectivity index (χ3v) is 7.47. The predicted octanol–water partition coefficient (Wildman–Crippen LogP) is 4.10. The Morgan fingerprint density at radius 1 is 1.03 bits per heavy atom. The number of anilines is 1. The van der Waals surface area contributed by atoms with Crippen LogP contribution in [0.4, 0.5) is 5.69 Å². The largest absolute Gasteiger partial charge is 0.497 e. The maximum atomic E-state index is 12.7. The number of benzene rings is 3. The highest BCUT2D eigenvalue weighted by Gasteiger charge is 2.15. The zero-order valence-electron chi connectivity index (χ0n) is 17.7. The van der Waals surface area contributed by atoms with Crippen molar-refractivity contribution in [3.05, 3.63) is 82.7 Å². The van der Waals surface area contributed by atoms with Crippen molar-refractivity contribution in [3.8, 4) is 5.75 Å². The van der Waals surface area contributed by atoms with Gasteiger partial charge in [-0.1, -0.05) is 23.5 Å². The van der Waals surface area contributed by atoms with Crippen molar-refractivity contribution in [1.29, 1.82) is 0 Å². The molecule has 0 radical (unpaired) electrons. The van der Waals surface area contributed by atoms with Gasteiger partial charge in [-0.15, -0.1) is 0 Å². The predicted molar refractivity (Wildman–Crippen MR) is 126 cm³/mol. The van der Waals surface area contributed by atoms with Crippen LogP contribution in [0.3, 0.4) is 0 Å². The van der Waals surface area contributed by atoms with E-state index in [9.17, 15) is 13.2 Å². The average molecular weight is 468 g/mol. The molecule has 1 amide bonds. The molecular formula is C23H21N3O4S2. The number of nitrogens with zero attached hydrogens (tertiary/aromatic N) is 2. The van der Waals surface area contributed by atoms with E-state index in [2.05, 4.69) is 9.71 Å². The summed E-state index contributed by atoms with van der Waals surface area (Å²) in [5.74, 6) is 0.173. The van der Waals surface area contributed by atoms with E-state index in [0.29, 0.717) is 21.8 Å². The van der Waals surface area contributed by atoms with Crippen LogP contribution in [-0.4, -0.2) is 26.0 Å². The lowest BCUT2D eigenvalue weighted by Crippen LogP contribution is -2.14. The molecule has 0 unspecified atom stereocenters. The summed E-state index contributed by atoms with van der Waals surface area (Å²) < 4.78 is 35.7. The fourth-order valence-electron chi connectivity index (χ4n) is 3.31. The molecule has 4 rings (SSSR count). The first-order valence-corrected chi connectivity index (χ1v) is 12.0. The lowest BCUT2D eigenvalue weighted by molar-refractivity contribution is 0.0998. The zero-order chi connectivity index (χ0) is 22.9. The normalized spacial score (nSPS) is 12.2. The number of carbonyl (C=O) groups excluding carboxylic acids is 1. The summed E-state index contributed by atoms with van der Waals surface area (Å²) in [4.78, 5) is 17.7. The number of methoxy groups -OCH3 is 1. The number of hydrogen-bond donors (Lipinski definition) is 1. The molecule has 0 saturated heterocycles. The van der Waals surface area contributed by atoms with Crippen LogP contribution in [-0.2, 0) is 17.1 Å². The van der Waals surface area contributed by atoms with Gasteiger partial charge in [0.25, 0.3) is 15.9 Å². The molecule has 0 atom stereocenters. The van der Waals surface area contributed by atoms with Gasteiger partial charge in [-0.05, 0) is 67.1 Å². The minimum atomic E-state index is -3.76. The summed E-state index contributed by atoms with van der Waals surface area (Å²) >= 11 is 1.45. The summed E-state index contributed by atoms with van der Waals surface area (Å²) in [5.41, 5.74) is 2.88. The molecule has 0 bridgehead atoms. The van der Waals surface area contributed by atoms with Gasteiger partial charge in [0.2, 0.25) is 0 Å². The third kappa shape index (κ3) is 4.30. The van der Waals surface area contributed by atoms with Crippen molar-refractivity contribution in [3.63, 3.8) is 0 Å². The number of para-hydroxylation sites is 1. The van der Waals surface area contributed by atoms with E-state index in [0.717, 1.165) is 15.8 Å². The third-order valence-electron chi connectivity index (χ3n) is 4.98. The molecular weight excluding hydrogens is 446 g/mol. The molecule has 32 heavy (non-hydrogen) atoms. The highest BCUT2D eigenvalue weighted by Crippen LogP contribution is 2.21. The number of nitrogens with one attached hydrogen (secondary N) is 1. The Balaban J connectivity index is 1.56. The van der Waals surface area contributed by atoms with Crippen LogP contribution in [0.25, 0.3) is 10.2 Å². The molecule has 1 heterocycles. The van der Waals surface area contributed by atoms with Gasteiger partial charge in [0.05, 0.1) is 22.2 Å². The van der Waals surface area contributed by atoms with Gasteiger partial charge in [0, 0.05) is 18.3 Å². The number of sulfonamides is 1. The quantitative estimate of drug-likeness (QED) is 0.479. The first kappa shape index (κ1) is 21.8. The molecule has 164 valence electrons. The zero-order valence-corrected chi connectivity index (χ0v) is 19.3. The Labute approximate surface area is 189 Å².